The fraction of sp³-hybridized carbons (Fsp3) is 0.320. The van der Waals surface area contributed by atoms with Gasteiger partial charge in [-0.25, -0.2) is 4.39 Å². The molecular weight excluding hydrogens is 393 g/mol. The Hall–Kier alpha value is -3.28. The molecule has 0 saturated carbocycles. The molecule has 0 radical (unpaired) electrons. The van der Waals surface area contributed by atoms with Crippen molar-refractivity contribution in [2.24, 2.45) is 5.41 Å². The number of aromatic nitrogens is 1. The number of amides is 2. The molecule has 2 aromatic carbocycles. The monoisotopic (exact) mass is 419 g/mol. The van der Waals surface area contributed by atoms with E-state index in [1.54, 1.807) is 23.2 Å². The minimum absolute atomic E-state index is 0.0756. The van der Waals surface area contributed by atoms with Crippen LogP contribution in [0, 0.1) is 11.2 Å². The van der Waals surface area contributed by atoms with Gasteiger partial charge in [-0.3, -0.25) is 14.6 Å². The first-order valence-corrected chi connectivity index (χ1v) is 10.5. The molecule has 2 atom stereocenters. The van der Waals surface area contributed by atoms with Crippen LogP contribution < -0.4 is 5.32 Å². The summed E-state index contributed by atoms with van der Waals surface area (Å²) >= 11 is 0. The van der Waals surface area contributed by atoms with Gasteiger partial charge in [0.2, 0.25) is 11.8 Å². The highest BCUT2D eigenvalue weighted by atomic mass is 19.1. The Morgan fingerprint density at radius 3 is 2.48 bits per heavy atom. The number of carbonyl (C=O) groups excluding carboxylic acids is 2. The van der Waals surface area contributed by atoms with Gasteiger partial charge < -0.3 is 10.2 Å². The number of halogens is 1. The van der Waals surface area contributed by atoms with Gasteiger partial charge in [0.15, 0.2) is 0 Å². The fourth-order valence-electron chi connectivity index (χ4n) is 4.25. The molecule has 5 nitrogen and oxygen atoms in total. The molecule has 1 saturated heterocycles. The summed E-state index contributed by atoms with van der Waals surface area (Å²) < 4.78 is 13.5. The molecule has 0 aliphatic carbocycles. The third-order valence-electron chi connectivity index (χ3n) is 5.76. The summed E-state index contributed by atoms with van der Waals surface area (Å²) in [5, 5.41) is 3.93. The van der Waals surface area contributed by atoms with Gasteiger partial charge >= 0.3 is 0 Å². The highest BCUT2D eigenvalue weighted by Crippen LogP contribution is 2.37. The van der Waals surface area contributed by atoms with Crippen LogP contribution in [0.15, 0.2) is 60.8 Å². The molecule has 1 N–H and O–H groups in total. The lowest BCUT2D eigenvalue weighted by molar-refractivity contribution is -0.143. The number of hydrogen-bond donors (Lipinski definition) is 1. The number of nitrogens with one attached hydrogen (secondary N) is 1. The zero-order valence-corrected chi connectivity index (χ0v) is 17.9. The van der Waals surface area contributed by atoms with E-state index in [2.05, 4.69) is 10.3 Å². The van der Waals surface area contributed by atoms with E-state index in [1.165, 1.54) is 12.1 Å². The first kappa shape index (κ1) is 21.0. The van der Waals surface area contributed by atoms with Crippen molar-refractivity contribution in [1.29, 1.82) is 0 Å². The molecule has 3 aromatic rings. The number of anilines is 1. The molecule has 4 rings (SSSR count). The largest absolute Gasteiger partial charge is 0.330 e. The molecule has 1 aliphatic heterocycles. The summed E-state index contributed by atoms with van der Waals surface area (Å²) in [5.41, 5.74) is 1.54. The van der Waals surface area contributed by atoms with E-state index in [-0.39, 0.29) is 23.5 Å². The highest BCUT2D eigenvalue weighted by Gasteiger charge is 2.45. The number of likely N-dealkylation sites (tertiary alicyclic amines) is 1. The van der Waals surface area contributed by atoms with Crippen molar-refractivity contribution >= 4 is 28.4 Å². The predicted octanol–water partition coefficient (Wildman–Crippen LogP) is 4.74. The fourth-order valence-corrected chi connectivity index (χ4v) is 4.25. The molecule has 1 fully saturated rings. The van der Waals surface area contributed by atoms with E-state index in [0.717, 1.165) is 10.9 Å². The zero-order chi connectivity index (χ0) is 22.2. The van der Waals surface area contributed by atoms with Crippen LogP contribution >= 0.6 is 0 Å². The maximum Gasteiger partial charge on any atom is 0.247 e. The van der Waals surface area contributed by atoms with Crippen molar-refractivity contribution in [3.8, 4) is 0 Å². The Kier molecular flexibility index (Phi) is 5.48. The second-order valence-electron chi connectivity index (χ2n) is 9.01. The van der Waals surface area contributed by atoms with Crippen LogP contribution in [0.3, 0.4) is 0 Å². The van der Waals surface area contributed by atoms with Crippen molar-refractivity contribution in [1.82, 2.24) is 9.88 Å². The number of carbonyl (C=O) groups is 2. The van der Waals surface area contributed by atoms with Crippen molar-refractivity contribution in [2.45, 2.75) is 39.2 Å². The third-order valence-corrected chi connectivity index (χ3v) is 5.76. The van der Waals surface area contributed by atoms with Gasteiger partial charge in [0.05, 0.1) is 11.2 Å². The van der Waals surface area contributed by atoms with E-state index in [4.69, 9.17) is 0 Å². The SMILES string of the molecule is CC(C)(C)C(=O)N1CC[C@@H](c2ccc(F)cc2)[C@H]1C(=O)Nc1cccc2cccnc12. The summed E-state index contributed by atoms with van der Waals surface area (Å²) in [6.45, 7) is 6.03. The van der Waals surface area contributed by atoms with E-state index < -0.39 is 11.5 Å². The second kappa shape index (κ2) is 8.10. The van der Waals surface area contributed by atoms with Crippen molar-refractivity contribution in [3.05, 3.63) is 72.2 Å². The summed E-state index contributed by atoms with van der Waals surface area (Å²) in [4.78, 5) is 32.8. The highest BCUT2D eigenvalue weighted by molar-refractivity contribution is 6.04. The Bertz CT molecular complexity index is 1120. The molecule has 0 unspecified atom stereocenters. The molecule has 2 amide bonds. The lowest BCUT2D eigenvalue weighted by Gasteiger charge is -2.32. The minimum atomic E-state index is -0.684. The summed E-state index contributed by atoms with van der Waals surface area (Å²) in [6.07, 6.45) is 2.32. The van der Waals surface area contributed by atoms with Crippen LogP contribution in [0.2, 0.25) is 0 Å². The number of benzene rings is 2. The second-order valence-corrected chi connectivity index (χ2v) is 9.01. The van der Waals surface area contributed by atoms with Crippen molar-refractivity contribution in [3.63, 3.8) is 0 Å². The van der Waals surface area contributed by atoms with Crippen LogP contribution in [0.4, 0.5) is 10.1 Å². The molecule has 160 valence electrons. The zero-order valence-electron chi connectivity index (χ0n) is 17.9. The van der Waals surface area contributed by atoms with Crippen LogP contribution in [-0.2, 0) is 9.59 Å². The van der Waals surface area contributed by atoms with Gasteiger partial charge in [-0.05, 0) is 36.2 Å². The van der Waals surface area contributed by atoms with Gasteiger partial charge in [0.25, 0.3) is 0 Å². The van der Waals surface area contributed by atoms with Gasteiger partial charge in [-0.15, -0.1) is 0 Å². The van der Waals surface area contributed by atoms with Crippen molar-refractivity contribution < 1.29 is 14.0 Å². The molecule has 0 spiro atoms. The maximum atomic E-state index is 13.5. The molecular formula is C25H26FN3O2. The number of nitrogens with zero attached hydrogens (tertiary/aromatic N) is 2. The minimum Gasteiger partial charge on any atom is -0.330 e. The standard InChI is InChI=1S/C25H26FN3O2/c1-25(2,3)24(31)29-15-13-19(16-9-11-18(26)12-10-16)22(29)23(30)28-20-8-4-6-17-7-5-14-27-21(17)20/h4-12,14,19,22H,13,15H2,1-3H3,(H,28,30)/t19-,22-/m0/s1. The average Bonchev–Trinajstić information content (AvgIpc) is 3.18. The van der Waals surface area contributed by atoms with Crippen LogP contribution in [0.5, 0.6) is 0 Å². The Labute approximate surface area is 181 Å². The van der Waals surface area contributed by atoms with Gasteiger partial charge in [-0.1, -0.05) is 51.1 Å². The van der Waals surface area contributed by atoms with E-state index in [0.29, 0.717) is 24.2 Å². The van der Waals surface area contributed by atoms with E-state index >= 15 is 0 Å². The quantitative estimate of drug-likeness (QED) is 0.667. The number of fused-ring (bicyclic) bond motifs is 1. The number of hydrogen-bond acceptors (Lipinski definition) is 3. The van der Waals surface area contributed by atoms with Gasteiger partial charge in [-0.2, -0.15) is 0 Å². The lowest BCUT2D eigenvalue weighted by atomic mass is 9.89. The first-order chi connectivity index (χ1) is 14.8. The lowest BCUT2D eigenvalue weighted by Crippen LogP contribution is -2.49. The molecule has 1 aliphatic rings. The number of rotatable bonds is 3. The Morgan fingerprint density at radius 1 is 1.06 bits per heavy atom. The molecule has 0 bridgehead atoms. The molecule has 31 heavy (non-hydrogen) atoms. The molecule has 6 heteroatoms. The van der Waals surface area contributed by atoms with Crippen LogP contribution in [-0.4, -0.2) is 34.3 Å². The van der Waals surface area contributed by atoms with Crippen LogP contribution in [0.25, 0.3) is 10.9 Å². The summed E-state index contributed by atoms with van der Waals surface area (Å²) in [5.74, 6) is -0.877. The van der Waals surface area contributed by atoms with Crippen LogP contribution in [0.1, 0.15) is 38.7 Å². The average molecular weight is 420 g/mol. The van der Waals surface area contributed by atoms with E-state index in [9.17, 15) is 14.0 Å². The Balaban J connectivity index is 1.70. The third kappa shape index (κ3) is 4.15. The molecule has 1 aromatic heterocycles. The van der Waals surface area contributed by atoms with Gasteiger partial charge in [0.1, 0.15) is 11.9 Å². The topological polar surface area (TPSA) is 62.3 Å². The Morgan fingerprint density at radius 2 is 1.77 bits per heavy atom. The van der Waals surface area contributed by atoms with Crippen molar-refractivity contribution in [2.75, 3.05) is 11.9 Å². The number of pyridine rings is 1. The normalized spacial score (nSPS) is 18.9. The summed E-state index contributed by atoms with van der Waals surface area (Å²) in [7, 11) is 0. The summed E-state index contributed by atoms with van der Waals surface area (Å²) in [6, 6.07) is 14.9. The van der Waals surface area contributed by atoms with E-state index in [1.807, 2.05) is 51.1 Å². The predicted molar refractivity (Wildman–Crippen MR) is 119 cm³/mol. The van der Waals surface area contributed by atoms with Gasteiger partial charge in [0, 0.05) is 29.5 Å². The molecule has 2 heterocycles. The number of para-hydroxylation sites is 1. The smallest absolute Gasteiger partial charge is 0.247 e. The maximum absolute atomic E-state index is 13.5. The first-order valence-electron chi connectivity index (χ1n) is 10.5.